The Bertz CT molecular complexity index is 1570. The minimum Gasteiger partial charge on any atom is -0.459 e. The molecule has 0 aliphatic carbocycles. The Morgan fingerprint density at radius 1 is 0.951 bits per heavy atom. The topological polar surface area (TPSA) is 190 Å². The fourth-order valence-corrected chi connectivity index (χ4v) is 10.5. The van der Waals surface area contributed by atoms with Crippen molar-refractivity contribution in [2.75, 3.05) is 34.4 Å². The third-order valence-corrected chi connectivity index (χ3v) is 13.8. The molecule has 0 aromatic rings. The fourth-order valence-electron chi connectivity index (χ4n) is 10.5. The fraction of sp³-hybridized carbons (Fsp3) is 0.867. The number of carbonyl (C=O) groups excluding carboxylic acids is 3. The van der Waals surface area contributed by atoms with Gasteiger partial charge in [0.1, 0.15) is 23.9 Å². The first kappa shape index (κ1) is 50.9. The average molecular weight is 869 g/mol. The maximum absolute atomic E-state index is 14.8. The van der Waals surface area contributed by atoms with Crippen molar-refractivity contribution in [3.05, 3.63) is 12.2 Å². The predicted molar refractivity (Wildman–Crippen MR) is 225 cm³/mol. The van der Waals surface area contributed by atoms with Gasteiger partial charge in [-0.1, -0.05) is 46.4 Å². The van der Waals surface area contributed by atoms with Gasteiger partial charge in [-0.2, -0.15) is 0 Å². The summed E-state index contributed by atoms with van der Waals surface area (Å²) in [4.78, 5) is 47.6. The van der Waals surface area contributed by atoms with Gasteiger partial charge in [0.05, 0.1) is 60.4 Å². The van der Waals surface area contributed by atoms with Gasteiger partial charge in [0.15, 0.2) is 18.5 Å². The average Bonchev–Trinajstić information content (AvgIpc) is 3.17. The largest absolute Gasteiger partial charge is 0.459 e. The van der Waals surface area contributed by atoms with E-state index in [1.165, 1.54) is 20.8 Å². The first-order valence-electron chi connectivity index (χ1n) is 21.9. The minimum absolute atomic E-state index is 0.0244. The molecular formula is C45H76N2O14. The highest BCUT2D eigenvalue weighted by atomic mass is 16.7. The summed E-state index contributed by atoms with van der Waals surface area (Å²) >= 11 is 0. The SMILES string of the molecule is C=C1CO/N=C2\[C@H](C)C[C@@](C)(OC1)[C@H](O[C@@H]1O[C@H](C)C[C@H](N(C)C)[C@H]1OC(C)=O)[C@@H](C)[C@H](C1C[C@@](C)(OC)[C@@H](OC(C)=O)[C@H](C)O1)[C@@H](C)C(=O)O[C@H](CC)[C@@](C)(O)[C@H](O)[C@H]2C. The monoisotopic (exact) mass is 869 g/mol. The number of esters is 3. The summed E-state index contributed by atoms with van der Waals surface area (Å²) in [6.07, 6.45) is -6.66. The highest BCUT2D eigenvalue weighted by Crippen LogP contribution is 2.47. The Kier molecular flexibility index (Phi) is 17.1. The lowest BCUT2D eigenvalue weighted by Crippen LogP contribution is -2.63. The Hall–Kier alpha value is -2.70. The van der Waals surface area contributed by atoms with Crippen molar-refractivity contribution in [3.63, 3.8) is 0 Å². The molecule has 2 N–H and O–H groups in total. The summed E-state index contributed by atoms with van der Waals surface area (Å²) < 4.78 is 51.9. The molecule has 4 rings (SSSR count). The van der Waals surface area contributed by atoms with E-state index in [4.69, 9.17) is 42.7 Å². The number of cyclic esters (lactones) is 1. The molecule has 0 aromatic heterocycles. The van der Waals surface area contributed by atoms with Gasteiger partial charge >= 0.3 is 17.9 Å². The van der Waals surface area contributed by atoms with Crippen molar-refractivity contribution in [3.8, 4) is 0 Å². The maximum atomic E-state index is 14.8. The first-order chi connectivity index (χ1) is 28.3. The van der Waals surface area contributed by atoms with Crippen molar-refractivity contribution in [2.45, 2.75) is 187 Å². The predicted octanol–water partition coefficient (Wildman–Crippen LogP) is 4.60. The highest BCUT2D eigenvalue weighted by Gasteiger charge is 2.57. The van der Waals surface area contributed by atoms with E-state index in [2.05, 4.69) is 11.7 Å². The van der Waals surface area contributed by atoms with Crippen molar-refractivity contribution < 1.29 is 67.3 Å². The van der Waals surface area contributed by atoms with Gasteiger partial charge in [-0.3, -0.25) is 14.4 Å². The number of nitrogens with zero attached hydrogens (tertiary/aromatic N) is 2. The third kappa shape index (κ3) is 11.3. The van der Waals surface area contributed by atoms with Crippen LogP contribution in [-0.4, -0.2) is 151 Å². The number of fused-ring (bicyclic) bond motifs is 3. The summed E-state index contributed by atoms with van der Waals surface area (Å²) in [5, 5.41) is 28.7. The smallest absolute Gasteiger partial charge is 0.309 e. The molecule has 0 radical (unpaired) electrons. The normalized spacial score (nSPS) is 45.4. The minimum atomic E-state index is -1.91. The molecule has 4 heterocycles. The van der Waals surface area contributed by atoms with E-state index in [9.17, 15) is 24.6 Å². The Balaban J connectivity index is 2.03. The van der Waals surface area contributed by atoms with Gasteiger partial charge in [0, 0.05) is 45.1 Å². The van der Waals surface area contributed by atoms with Crippen LogP contribution in [-0.2, 0) is 57.1 Å². The van der Waals surface area contributed by atoms with Crippen molar-refractivity contribution >= 4 is 23.6 Å². The van der Waals surface area contributed by atoms with E-state index < -0.39 is 113 Å². The number of hydrogen-bond donors (Lipinski definition) is 2. The van der Waals surface area contributed by atoms with E-state index in [0.717, 1.165) is 0 Å². The van der Waals surface area contributed by atoms with Gasteiger partial charge < -0.3 is 57.8 Å². The number of hydrogen-bond acceptors (Lipinski definition) is 16. The van der Waals surface area contributed by atoms with Crippen LogP contribution in [0.4, 0.5) is 0 Å². The molecule has 4 aliphatic heterocycles. The second kappa shape index (κ2) is 20.4. The second-order valence-corrected chi connectivity index (χ2v) is 19.1. The van der Waals surface area contributed by atoms with Crippen LogP contribution in [0, 0.1) is 29.6 Å². The Labute approximate surface area is 363 Å². The zero-order chi connectivity index (χ0) is 45.9. The summed E-state index contributed by atoms with van der Waals surface area (Å²) in [6.45, 7) is 25.2. The summed E-state index contributed by atoms with van der Waals surface area (Å²) in [6, 6.07) is -0.271. The Morgan fingerprint density at radius 2 is 1.59 bits per heavy atom. The zero-order valence-electron chi connectivity index (χ0n) is 39.3. The van der Waals surface area contributed by atoms with Crippen LogP contribution in [0.2, 0.25) is 0 Å². The molecule has 0 saturated carbocycles. The number of carbonyl (C=O) groups is 3. The van der Waals surface area contributed by atoms with Crippen LogP contribution in [0.15, 0.2) is 17.3 Å². The number of ether oxygens (including phenoxy) is 8. The van der Waals surface area contributed by atoms with Crippen LogP contribution in [0.5, 0.6) is 0 Å². The number of aliphatic hydroxyl groups excluding tert-OH is 1. The molecule has 3 saturated heterocycles. The molecular weight excluding hydrogens is 792 g/mol. The molecule has 4 aliphatic rings. The molecule has 2 bridgehead atoms. The molecule has 16 heteroatoms. The van der Waals surface area contributed by atoms with Gasteiger partial charge in [0.25, 0.3) is 0 Å². The van der Waals surface area contributed by atoms with E-state index >= 15 is 0 Å². The van der Waals surface area contributed by atoms with Gasteiger partial charge in [-0.15, -0.1) is 0 Å². The van der Waals surface area contributed by atoms with Gasteiger partial charge in [-0.25, -0.2) is 0 Å². The lowest BCUT2D eigenvalue weighted by molar-refractivity contribution is -0.308. The lowest BCUT2D eigenvalue weighted by Gasteiger charge is -2.53. The van der Waals surface area contributed by atoms with E-state index in [-0.39, 0.29) is 44.6 Å². The van der Waals surface area contributed by atoms with Crippen LogP contribution in [0.1, 0.15) is 109 Å². The van der Waals surface area contributed by atoms with E-state index in [1.54, 1.807) is 34.8 Å². The molecule has 61 heavy (non-hydrogen) atoms. The van der Waals surface area contributed by atoms with Crippen molar-refractivity contribution in [1.82, 2.24) is 4.90 Å². The Morgan fingerprint density at radius 3 is 2.16 bits per heavy atom. The molecule has 0 aromatic carbocycles. The summed E-state index contributed by atoms with van der Waals surface area (Å²) in [7, 11) is 5.38. The molecule has 0 spiro atoms. The standard InChI is InChI=1S/C45H76N2O14/c1-17-34-45(13,52)38(50)28(7)36-24(3)19-44(12,54-21-23(2)22-55-46-36)39(61-42-37(58-30(9)48)32(47(14)15)18-25(4)56-42)26(5)35(27(6)41(51)60-34)33-20-43(11,53-16)40(29(8)57-33)59-31(10)49/h24-29,32-35,37-40,42,50,52H,2,17-22H2,1,3-16H3/b46-36+/t24-,25-,26+,27-,28+,29+,32+,33?,34-,35+,37-,38-,39-,40+,42+,43-,44-,45-/m1/s1. The van der Waals surface area contributed by atoms with Gasteiger partial charge in [0.2, 0.25) is 0 Å². The van der Waals surface area contributed by atoms with Crippen molar-refractivity contribution in [2.24, 2.45) is 34.7 Å². The van der Waals surface area contributed by atoms with Crippen LogP contribution >= 0.6 is 0 Å². The zero-order valence-corrected chi connectivity index (χ0v) is 39.3. The number of rotatable bonds is 8. The number of oxime groups is 1. The highest BCUT2D eigenvalue weighted by molar-refractivity contribution is 5.89. The third-order valence-electron chi connectivity index (χ3n) is 13.8. The summed E-state index contributed by atoms with van der Waals surface area (Å²) in [5.41, 5.74) is -3.14. The molecule has 0 amide bonds. The number of aliphatic hydroxyl groups is 2. The maximum Gasteiger partial charge on any atom is 0.309 e. The number of methoxy groups -OCH3 is 1. The molecule has 3 fully saturated rings. The number of likely N-dealkylation sites (N-methyl/N-ethyl adjacent to an activating group) is 1. The lowest BCUT2D eigenvalue weighted by atomic mass is 9.67. The van der Waals surface area contributed by atoms with E-state index in [1.807, 2.05) is 53.6 Å². The van der Waals surface area contributed by atoms with E-state index in [0.29, 0.717) is 17.7 Å². The second-order valence-electron chi connectivity index (χ2n) is 19.1. The first-order valence-corrected chi connectivity index (χ1v) is 21.9. The van der Waals surface area contributed by atoms with Crippen LogP contribution in [0.3, 0.4) is 0 Å². The molecule has 16 nitrogen and oxygen atoms in total. The van der Waals surface area contributed by atoms with Crippen LogP contribution < -0.4 is 0 Å². The van der Waals surface area contributed by atoms with Crippen molar-refractivity contribution in [1.29, 1.82) is 0 Å². The quantitative estimate of drug-likeness (QED) is 0.196. The summed E-state index contributed by atoms with van der Waals surface area (Å²) in [5.74, 6) is -5.09. The molecule has 1 unspecified atom stereocenters. The van der Waals surface area contributed by atoms with Gasteiger partial charge in [-0.05, 0) is 79.5 Å². The molecule has 350 valence electrons. The van der Waals surface area contributed by atoms with Crippen LogP contribution in [0.25, 0.3) is 0 Å². The molecule has 18 atom stereocenters.